The maximum atomic E-state index is 12.7. The molecule has 2 aromatic rings. The van der Waals surface area contributed by atoms with Crippen molar-refractivity contribution >= 4 is 53.7 Å². The zero-order chi connectivity index (χ0) is 17.8. The number of rotatable bonds is 4. The Morgan fingerprint density at radius 3 is 2.63 bits per heavy atom. The fourth-order valence-electron chi connectivity index (χ4n) is 3.15. The molecule has 1 heterocycles. The number of nitrogens with zero attached hydrogens (tertiary/aromatic N) is 1. The van der Waals surface area contributed by atoms with E-state index in [-0.39, 0.29) is 36.8 Å². The molecule has 1 atom stereocenters. The quantitative estimate of drug-likeness (QED) is 0.711. The molecule has 1 amide bonds. The molecule has 1 aliphatic rings. The van der Waals surface area contributed by atoms with Gasteiger partial charge in [0.1, 0.15) is 5.75 Å². The highest BCUT2D eigenvalue weighted by molar-refractivity contribution is 6.33. The van der Waals surface area contributed by atoms with E-state index in [2.05, 4.69) is 22.3 Å². The van der Waals surface area contributed by atoms with Crippen molar-refractivity contribution < 1.29 is 9.53 Å². The largest absolute Gasteiger partial charge is 0.496 e. The molecule has 0 aromatic heterocycles. The van der Waals surface area contributed by atoms with Crippen molar-refractivity contribution in [2.45, 2.75) is 18.9 Å². The number of nitrogens with two attached hydrogens (primary N) is 1. The van der Waals surface area contributed by atoms with E-state index in [1.54, 1.807) is 12.1 Å². The normalized spacial score (nSPS) is 15.9. The topological polar surface area (TPSA) is 67.6 Å². The van der Waals surface area contributed by atoms with Crippen LogP contribution in [0.3, 0.4) is 0 Å². The molecular formula is C19H24Cl3N3O2. The number of anilines is 2. The van der Waals surface area contributed by atoms with Crippen molar-refractivity contribution in [3.8, 4) is 5.75 Å². The molecule has 5 nitrogen and oxygen atoms in total. The first kappa shape index (κ1) is 23.2. The summed E-state index contributed by atoms with van der Waals surface area (Å²) in [6.45, 7) is 1.77. The van der Waals surface area contributed by atoms with Gasteiger partial charge < -0.3 is 20.7 Å². The third-order valence-corrected chi connectivity index (χ3v) is 4.77. The molecule has 27 heavy (non-hydrogen) atoms. The highest BCUT2D eigenvalue weighted by atomic mass is 35.5. The van der Waals surface area contributed by atoms with Gasteiger partial charge in [-0.05, 0) is 31.0 Å². The predicted octanol–water partition coefficient (Wildman–Crippen LogP) is 4.17. The summed E-state index contributed by atoms with van der Waals surface area (Å²) in [6.07, 6.45) is 1.97. The molecular weight excluding hydrogens is 409 g/mol. The average molecular weight is 433 g/mol. The molecule has 1 fully saturated rings. The zero-order valence-corrected chi connectivity index (χ0v) is 17.4. The molecule has 8 heteroatoms. The molecule has 0 radical (unpaired) electrons. The molecule has 0 saturated carbocycles. The summed E-state index contributed by atoms with van der Waals surface area (Å²) in [5.41, 5.74) is 7.75. The summed E-state index contributed by atoms with van der Waals surface area (Å²) in [5.74, 6) is 0.230. The number of nitrogens with one attached hydrogen (secondary N) is 1. The number of methoxy groups -OCH3 is 1. The Hall–Kier alpha value is -1.82. The van der Waals surface area contributed by atoms with Crippen LogP contribution in [0.5, 0.6) is 5.75 Å². The molecule has 2 aromatic carbocycles. The van der Waals surface area contributed by atoms with Gasteiger partial charge in [-0.2, -0.15) is 0 Å². The van der Waals surface area contributed by atoms with Crippen LogP contribution in [0, 0.1) is 0 Å². The van der Waals surface area contributed by atoms with Gasteiger partial charge in [-0.3, -0.25) is 4.79 Å². The summed E-state index contributed by atoms with van der Waals surface area (Å²) in [6, 6.07) is 13.4. The second-order valence-corrected chi connectivity index (χ2v) is 6.58. The van der Waals surface area contributed by atoms with Gasteiger partial charge in [-0.25, -0.2) is 0 Å². The first-order chi connectivity index (χ1) is 12.1. The van der Waals surface area contributed by atoms with Gasteiger partial charge in [-0.15, -0.1) is 24.8 Å². The summed E-state index contributed by atoms with van der Waals surface area (Å²) >= 11 is 6.06. The van der Waals surface area contributed by atoms with Crippen LogP contribution in [0.1, 0.15) is 23.2 Å². The second kappa shape index (κ2) is 10.5. The lowest BCUT2D eigenvalue weighted by atomic mass is 10.0. The Balaban J connectivity index is 0.00000182. The lowest BCUT2D eigenvalue weighted by molar-refractivity contribution is 0.0930. The monoisotopic (exact) mass is 431 g/mol. The van der Waals surface area contributed by atoms with E-state index >= 15 is 0 Å². The molecule has 148 valence electrons. The number of para-hydroxylation sites is 1. The van der Waals surface area contributed by atoms with E-state index in [0.29, 0.717) is 22.0 Å². The number of halogens is 3. The molecule has 3 rings (SSSR count). The first-order valence-corrected chi connectivity index (χ1v) is 8.70. The van der Waals surface area contributed by atoms with Crippen molar-refractivity contribution in [2.75, 3.05) is 30.8 Å². The van der Waals surface area contributed by atoms with Gasteiger partial charge in [-0.1, -0.05) is 29.8 Å². The van der Waals surface area contributed by atoms with Gasteiger partial charge >= 0.3 is 0 Å². The predicted molar refractivity (Wildman–Crippen MR) is 116 cm³/mol. The maximum absolute atomic E-state index is 12.7. The number of piperidine rings is 1. The van der Waals surface area contributed by atoms with E-state index in [4.69, 9.17) is 22.1 Å². The van der Waals surface area contributed by atoms with Crippen LogP contribution in [0.2, 0.25) is 5.02 Å². The Morgan fingerprint density at radius 2 is 1.96 bits per heavy atom. The first-order valence-electron chi connectivity index (χ1n) is 8.32. The number of carbonyl (C=O) groups is 1. The van der Waals surface area contributed by atoms with Gasteiger partial charge in [0.15, 0.2) is 0 Å². The molecule has 0 spiro atoms. The third-order valence-electron chi connectivity index (χ3n) is 4.44. The lowest BCUT2D eigenvalue weighted by Gasteiger charge is -2.34. The molecule has 0 aliphatic carbocycles. The van der Waals surface area contributed by atoms with Crippen LogP contribution in [-0.4, -0.2) is 32.1 Å². The number of ether oxygens (including phenoxy) is 1. The van der Waals surface area contributed by atoms with Crippen LogP contribution in [-0.2, 0) is 0 Å². The fraction of sp³-hybridized carbons (Fsp3) is 0.316. The lowest BCUT2D eigenvalue weighted by Crippen LogP contribution is -2.47. The van der Waals surface area contributed by atoms with E-state index in [1.807, 2.05) is 18.2 Å². The smallest absolute Gasteiger partial charge is 0.255 e. The van der Waals surface area contributed by atoms with Gasteiger partial charge in [0.2, 0.25) is 0 Å². The summed E-state index contributed by atoms with van der Waals surface area (Å²) in [5, 5.41) is 3.44. The van der Waals surface area contributed by atoms with E-state index in [0.717, 1.165) is 25.9 Å². The van der Waals surface area contributed by atoms with E-state index < -0.39 is 0 Å². The Labute approximate surface area is 177 Å². The number of hydrogen-bond donors (Lipinski definition) is 2. The van der Waals surface area contributed by atoms with Crippen molar-refractivity contribution in [3.05, 3.63) is 53.1 Å². The summed E-state index contributed by atoms with van der Waals surface area (Å²) in [4.78, 5) is 15.0. The van der Waals surface area contributed by atoms with Crippen LogP contribution < -0.4 is 20.7 Å². The zero-order valence-electron chi connectivity index (χ0n) is 15.0. The SMILES string of the molecule is COc1cc(N)c(Cl)cc1C(=O)NC1CCCN(c2ccccc2)C1.Cl.Cl. The number of carbonyl (C=O) groups excluding carboxylic acids is 1. The van der Waals surface area contributed by atoms with Crippen molar-refractivity contribution in [1.82, 2.24) is 5.32 Å². The molecule has 1 saturated heterocycles. The summed E-state index contributed by atoms with van der Waals surface area (Å²) in [7, 11) is 1.51. The minimum atomic E-state index is -0.196. The van der Waals surface area contributed by atoms with Crippen LogP contribution in [0.25, 0.3) is 0 Å². The second-order valence-electron chi connectivity index (χ2n) is 6.17. The van der Waals surface area contributed by atoms with Crippen molar-refractivity contribution in [2.24, 2.45) is 0 Å². The molecule has 1 aliphatic heterocycles. The van der Waals surface area contributed by atoms with Gasteiger partial charge in [0.25, 0.3) is 5.91 Å². The number of amides is 1. The van der Waals surface area contributed by atoms with Crippen LogP contribution in [0.4, 0.5) is 11.4 Å². The minimum absolute atomic E-state index is 0. The van der Waals surface area contributed by atoms with E-state index in [9.17, 15) is 4.79 Å². The van der Waals surface area contributed by atoms with E-state index in [1.165, 1.54) is 12.8 Å². The average Bonchev–Trinajstić information content (AvgIpc) is 2.64. The number of benzene rings is 2. The Morgan fingerprint density at radius 1 is 1.26 bits per heavy atom. The number of nitrogen functional groups attached to an aromatic ring is 1. The third kappa shape index (κ3) is 5.58. The Bertz CT molecular complexity index is 759. The Kier molecular flexibility index (Phi) is 9.03. The molecule has 3 N–H and O–H groups in total. The maximum Gasteiger partial charge on any atom is 0.255 e. The highest BCUT2D eigenvalue weighted by Gasteiger charge is 2.23. The van der Waals surface area contributed by atoms with Crippen LogP contribution in [0.15, 0.2) is 42.5 Å². The molecule has 1 unspecified atom stereocenters. The van der Waals surface area contributed by atoms with Crippen molar-refractivity contribution in [3.63, 3.8) is 0 Å². The minimum Gasteiger partial charge on any atom is -0.496 e. The van der Waals surface area contributed by atoms with Gasteiger partial charge in [0, 0.05) is 30.9 Å². The van der Waals surface area contributed by atoms with Gasteiger partial charge in [0.05, 0.1) is 23.4 Å². The summed E-state index contributed by atoms with van der Waals surface area (Å²) < 4.78 is 5.27. The standard InChI is InChI=1S/C19H22ClN3O2.2ClH/c1-25-18-11-17(21)16(20)10-15(18)19(24)22-13-6-5-9-23(12-13)14-7-3-2-4-8-14;;/h2-4,7-8,10-11,13H,5-6,9,12,21H2,1H3,(H,22,24);2*1H. The molecule has 0 bridgehead atoms. The number of hydrogen-bond acceptors (Lipinski definition) is 4. The fourth-order valence-corrected chi connectivity index (χ4v) is 3.31. The van der Waals surface area contributed by atoms with Crippen LogP contribution >= 0.6 is 36.4 Å². The highest BCUT2D eigenvalue weighted by Crippen LogP contribution is 2.29. The van der Waals surface area contributed by atoms with Crippen molar-refractivity contribution in [1.29, 1.82) is 0 Å².